The van der Waals surface area contributed by atoms with Crippen LogP contribution >= 0.6 is 11.6 Å². The number of rotatable bonds is 3. The Bertz CT molecular complexity index is 716. The molecule has 2 aliphatic rings. The molecule has 2 amide bonds. The van der Waals surface area contributed by atoms with Gasteiger partial charge in [-0.05, 0) is 18.2 Å². The normalized spacial score (nSPS) is 21.0. The van der Waals surface area contributed by atoms with Gasteiger partial charge in [-0.15, -0.1) is 0 Å². The SMILES string of the molecule is CC(=O)N1CCN(c2ccc(N3C[C@H](C(=O)O)CC3=O)cc2Cl)CC1. The van der Waals surface area contributed by atoms with Crippen LogP contribution in [0.2, 0.25) is 5.02 Å². The molecule has 0 radical (unpaired) electrons. The van der Waals surface area contributed by atoms with E-state index in [1.165, 1.54) is 4.90 Å². The lowest BCUT2D eigenvalue weighted by Crippen LogP contribution is -2.48. The number of anilines is 2. The average molecular weight is 366 g/mol. The summed E-state index contributed by atoms with van der Waals surface area (Å²) in [5.41, 5.74) is 1.47. The zero-order chi connectivity index (χ0) is 18.1. The van der Waals surface area contributed by atoms with E-state index in [0.717, 1.165) is 5.69 Å². The number of benzene rings is 1. The van der Waals surface area contributed by atoms with Crippen LogP contribution in [-0.2, 0) is 14.4 Å². The number of amides is 2. The van der Waals surface area contributed by atoms with Crippen molar-refractivity contribution in [2.75, 3.05) is 42.5 Å². The molecule has 0 bridgehead atoms. The molecule has 2 saturated heterocycles. The molecule has 2 fully saturated rings. The van der Waals surface area contributed by atoms with Crippen molar-refractivity contribution >= 4 is 40.8 Å². The molecule has 2 aliphatic heterocycles. The molecule has 1 atom stereocenters. The molecule has 2 heterocycles. The van der Waals surface area contributed by atoms with Crippen molar-refractivity contribution < 1.29 is 19.5 Å². The third-order valence-corrected chi connectivity index (χ3v) is 5.09. The lowest BCUT2D eigenvalue weighted by atomic mass is 10.1. The third kappa shape index (κ3) is 3.56. The summed E-state index contributed by atoms with van der Waals surface area (Å²) < 4.78 is 0. The molecule has 1 aromatic rings. The summed E-state index contributed by atoms with van der Waals surface area (Å²) in [5, 5.41) is 9.60. The Morgan fingerprint density at radius 1 is 1.20 bits per heavy atom. The highest BCUT2D eigenvalue weighted by atomic mass is 35.5. The Balaban J connectivity index is 1.73. The molecule has 1 N–H and O–H groups in total. The Morgan fingerprint density at radius 2 is 1.88 bits per heavy atom. The standard InChI is InChI=1S/C17H20ClN3O4/c1-11(22)19-4-6-20(7-5-19)15-3-2-13(9-14(15)18)21-10-12(17(24)25)8-16(21)23/h2-3,9,12H,4-8,10H2,1H3,(H,24,25)/t12-/m1/s1. The summed E-state index contributed by atoms with van der Waals surface area (Å²) in [5.74, 6) is -1.76. The van der Waals surface area contributed by atoms with E-state index in [0.29, 0.717) is 36.9 Å². The molecular weight excluding hydrogens is 346 g/mol. The molecule has 0 aliphatic carbocycles. The molecular formula is C17H20ClN3O4. The quantitative estimate of drug-likeness (QED) is 0.876. The Labute approximate surface area is 150 Å². The van der Waals surface area contributed by atoms with Crippen LogP contribution in [-0.4, -0.2) is 60.5 Å². The van der Waals surface area contributed by atoms with Gasteiger partial charge in [0.1, 0.15) is 0 Å². The first-order chi connectivity index (χ1) is 11.9. The maximum atomic E-state index is 12.1. The summed E-state index contributed by atoms with van der Waals surface area (Å²) in [6.45, 7) is 4.43. The number of piperazine rings is 1. The summed E-state index contributed by atoms with van der Waals surface area (Å²) in [7, 11) is 0. The minimum atomic E-state index is -0.957. The topological polar surface area (TPSA) is 81.2 Å². The smallest absolute Gasteiger partial charge is 0.308 e. The lowest BCUT2D eigenvalue weighted by Gasteiger charge is -2.36. The number of carboxylic acid groups (broad SMARTS) is 1. The number of carbonyl (C=O) groups is 3. The minimum absolute atomic E-state index is 0.0156. The fourth-order valence-corrected chi connectivity index (χ4v) is 3.60. The van der Waals surface area contributed by atoms with Crippen LogP contribution in [0.25, 0.3) is 0 Å². The Hall–Kier alpha value is -2.28. The van der Waals surface area contributed by atoms with Crippen LogP contribution in [0.4, 0.5) is 11.4 Å². The summed E-state index contributed by atoms with van der Waals surface area (Å²) in [4.78, 5) is 39.9. The highest BCUT2D eigenvalue weighted by Gasteiger charge is 2.35. The minimum Gasteiger partial charge on any atom is -0.481 e. The van der Waals surface area contributed by atoms with Gasteiger partial charge in [-0.2, -0.15) is 0 Å². The number of hydrogen-bond acceptors (Lipinski definition) is 4. The second-order valence-electron chi connectivity index (χ2n) is 6.37. The van der Waals surface area contributed by atoms with Crippen molar-refractivity contribution in [1.82, 2.24) is 4.90 Å². The van der Waals surface area contributed by atoms with E-state index in [9.17, 15) is 14.4 Å². The van der Waals surface area contributed by atoms with E-state index in [4.69, 9.17) is 16.7 Å². The number of carboxylic acids is 1. The van der Waals surface area contributed by atoms with Gasteiger partial charge in [0.05, 0.1) is 16.6 Å². The van der Waals surface area contributed by atoms with Gasteiger partial charge in [0, 0.05) is 51.8 Å². The molecule has 1 aromatic carbocycles. The van der Waals surface area contributed by atoms with Crippen molar-refractivity contribution in [3.63, 3.8) is 0 Å². The van der Waals surface area contributed by atoms with Crippen molar-refractivity contribution in [1.29, 1.82) is 0 Å². The number of halogens is 1. The Kier molecular flexibility index (Phi) is 4.85. The maximum absolute atomic E-state index is 12.1. The van der Waals surface area contributed by atoms with Gasteiger partial charge in [-0.1, -0.05) is 11.6 Å². The molecule has 0 aromatic heterocycles. The van der Waals surface area contributed by atoms with Gasteiger partial charge in [0.25, 0.3) is 0 Å². The zero-order valence-corrected chi connectivity index (χ0v) is 14.7. The number of hydrogen-bond donors (Lipinski definition) is 1. The van der Waals surface area contributed by atoms with Crippen LogP contribution in [0.1, 0.15) is 13.3 Å². The van der Waals surface area contributed by atoms with Crippen molar-refractivity contribution in [3.8, 4) is 0 Å². The van der Waals surface area contributed by atoms with E-state index < -0.39 is 11.9 Å². The van der Waals surface area contributed by atoms with Gasteiger partial charge in [-0.3, -0.25) is 14.4 Å². The predicted molar refractivity (Wildman–Crippen MR) is 94.0 cm³/mol. The molecule has 0 unspecified atom stereocenters. The van der Waals surface area contributed by atoms with Crippen molar-refractivity contribution in [2.24, 2.45) is 5.92 Å². The van der Waals surface area contributed by atoms with E-state index in [1.54, 1.807) is 24.0 Å². The highest BCUT2D eigenvalue weighted by molar-refractivity contribution is 6.33. The first kappa shape index (κ1) is 17.5. The van der Waals surface area contributed by atoms with Crippen molar-refractivity contribution in [2.45, 2.75) is 13.3 Å². The van der Waals surface area contributed by atoms with Crippen LogP contribution in [0.5, 0.6) is 0 Å². The monoisotopic (exact) mass is 365 g/mol. The molecule has 134 valence electrons. The van der Waals surface area contributed by atoms with Gasteiger partial charge < -0.3 is 19.8 Å². The number of aliphatic carboxylic acids is 1. The molecule has 7 nitrogen and oxygen atoms in total. The van der Waals surface area contributed by atoms with Gasteiger partial charge in [-0.25, -0.2) is 0 Å². The van der Waals surface area contributed by atoms with Crippen molar-refractivity contribution in [3.05, 3.63) is 23.2 Å². The number of nitrogens with zero attached hydrogens (tertiary/aromatic N) is 3. The van der Waals surface area contributed by atoms with Crippen LogP contribution < -0.4 is 9.80 Å². The third-order valence-electron chi connectivity index (χ3n) is 4.78. The van der Waals surface area contributed by atoms with E-state index in [-0.39, 0.29) is 24.8 Å². The van der Waals surface area contributed by atoms with Crippen LogP contribution in [0.3, 0.4) is 0 Å². The van der Waals surface area contributed by atoms with Crippen LogP contribution in [0.15, 0.2) is 18.2 Å². The molecule has 8 heteroatoms. The van der Waals surface area contributed by atoms with Crippen LogP contribution in [0, 0.1) is 5.92 Å². The lowest BCUT2D eigenvalue weighted by molar-refractivity contribution is -0.141. The summed E-state index contributed by atoms with van der Waals surface area (Å²) in [6, 6.07) is 5.35. The van der Waals surface area contributed by atoms with E-state index >= 15 is 0 Å². The zero-order valence-electron chi connectivity index (χ0n) is 13.9. The van der Waals surface area contributed by atoms with Gasteiger partial charge >= 0.3 is 5.97 Å². The van der Waals surface area contributed by atoms with Gasteiger partial charge in [0.15, 0.2) is 0 Å². The van der Waals surface area contributed by atoms with Gasteiger partial charge in [0.2, 0.25) is 11.8 Å². The Morgan fingerprint density at radius 3 is 2.40 bits per heavy atom. The van der Waals surface area contributed by atoms with E-state index in [2.05, 4.69) is 4.90 Å². The molecule has 3 rings (SSSR count). The molecule has 0 saturated carbocycles. The average Bonchev–Trinajstić information content (AvgIpc) is 2.97. The fourth-order valence-electron chi connectivity index (χ4n) is 3.30. The summed E-state index contributed by atoms with van der Waals surface area (Å²) >= 11 is 6.41. The predicted octanol–water partition coefficient (Wildman–Crippen LogP) is 1.45. The first-order valence-corrected chi connectivity index (χ1v) is 8.58. The fraction of sp³-hybridized carbons (Fsp3) is 0.471. The molecule has 0 spiro atoms. The first-order valence-electron chi connectivity index (χ1n) is 8.20. The second-order valence-corrected chi connectivity index (χ2v) is 6.78. The molecule has 25 heavy (non-hydrogen) atoms. The highest BCUT2D eigenvalue weighted by Crippen LogP contribution is 2.33. The van der Waals surface area contributed by atoms with E-state index in [1.807, 2.05) is 6.07 Å². The second kappa shape index (κ2) is 6.92. The largest absolute Gasteiger partial charge is 0.481 e. The number of carbonyl (C=O) groups excluding carboxylic acids is 2. The maximum Gasteiger partial charge on any atom is 0.308 e. The summed E-state index contributed by atoms with van der Waals surface area (Å²) in [6.07, 6.45) is 0.0156.